The van der Waals surface area contributed by atoms with Gasteiger partial charge in [-0.05, 0) is 24.6 Å². The average Bonchev–Trinajstić information content (AvgIpc) is 2.14. The van der Waals surface area contributed by atoms with Crippen LogP contribution in [0.5, 0.6) is 0 Å². The van der Waals surface area contributed by atoms with Crippen LogP contribution in [0.1, 0.15) is 12.5 Å². The SMILES string of the molecule is CCO/C(Cl)=C/c1cc(F)c(F)cc1F. The Morgan fingerprint density at radius 3 is 2.47 bits per heavy atom. The first kappa shape index (κ1) is 11.9. The zero-order chi connectivity index (χ0) is 11.4. The molecule has 0 N–H and O–H groups in total. The van der Waals surface area contributed by atoms with E-state index in [2.05, 4.69) is 0 Å². The number of halogens is 4. The summed E-state index contributed by atoms with van der Waals surface area (Å²) in [7, 11) is 0. The number of benzene rings is 1. The van der Waals surface area contributed by atoms with Gasteiger partial charge < -0.3 is 4.74 Å². The van der Waals surface area contributed by atoms with Crippen LogP contribution in [0.15, 0.2) is 17.4 Å². The third-order valence-electron chi connectivity index (χ3n) is 1.59. The average molecular weight is 237 g/mol. The van der Waals surface area contributed by atoms with Crippen molar-refractivity contribution in [3.8, 4) is 0 Å². The lowest BCUT2D eigenvalue weighted by Gasteiger charge is -2.02. The summed E-state index contributed by atoms with van der Waals surface area (Å²) in [5.74, 6) is -3.27. The van der Waals surface area contributed by atoms with Crippen molar-refractivity contribution >= 4 is 17.7 Å². The van der Waals surface area contributed by atoms with Gasteiger partial charge in [-0.15, -0.1) is 0 Å². The lowest BCUT2D eigenvalue weighted by atomic mass is 10.2. The molecular weight excluding hydrogens is 229 g/mol. The van der Waals surface area contributed by atoms with E-state index in [1.807, 2.05) is 0 Å². The van der Waals surface area contributed by atoms with Gasteiger partial charge >= 0.3 is 0 Å². The fraction of sp³-hybridized carbons (Fsp3) is 0.200. The van der Waals surface area contributed by atoms with Crippen molar-refractivity contribution in [2.24, 2.45) is 0 Å². The Hall–Kier alpha value is -1.16. The molecule has 0 aromatic heterocycles. The van der Waals surface area contributed by atoms with E-state index in [0.29, 0.717) is 18.7 Å². The highest BCUT2D eigenvalue weighted by molar-refractivity contribution is 6.30. The van der Waals surface area contributed by atoms with Crippen molar-refractivity contribution in [1.29, 1.82) is 0 Å². The van der Waals surface area contributed by atoms with Crippen molar-refractivity contribution in [3.63, 3.8) is 0 Å². The molecule has 0 radical (unpaired) electrons. The molecule has 5 heteroatoms. The van der Waals surface area contributed by atoms with Gasteiger partial charge in [0.1, 0.15) is 5.82 Å². The van der Waals surface area contributed by atoms with Crippen molar-refractivity contribution in [2.45, 2.75) is 6.92 Å². The van der Waals surface area contributed by atoms with Crippen LogP contribution in [0.4, 0.5) is 13.2 Å². The minimum atomic E-state index is -1.24. The van der Waals surface area contributed by atoms with Crippen molar-refractivity contribution < 1.29 is 17.9 Å². The van der Waals surface area contributed by atoms with Gasteiger partial charge in [0.05, 0.1) is 6.61 Å². The zero-order valence-corrected chi connectivity index (χ0v) is 8.62. The molecule has 0 unspecified atom stereocenters. The van der Waals surface area contributed by atoms with Gasteiger partial charge in [0.2, 0.25) is 0 Å². The monoisotopic (exact) mass is 236 g/mol. The highest BCUT2D eigenvalue weighted by Gasteiger charge is 2.08. The highest BCUT2D eigenvalue weighted by Crippen LogP contribution is 2.18. The second-order valence-electron chi connectivity index (χ2n) is 2.67. The summed E-state index contributed by atoms with van der Waals surface area (Å²) in [5.41, 5.74) is -0.160. The van der Waals surface area contributed by atoms with E-state index in [9.17, 15) is 13.2 Å². The fourth-order valence-corrected chi connectivity index (χ4v) is 1.18. The summed E-state index contributed by atoms with van der Waals surface area (Å²) < 4.78 is 43.2. The lowest BCUT2D eigenvalue weighted by molar-refractivity contribution is 0.258. The van der Waals surface area contributed by atoms with E-state index >= 15 is 0 Å². The van der Waals surface area contributed by atoms with Crippen LogP contribution < -0.4 is 0 Å². The van der Waals surface area contributed by atoms with Crippen LogP contribution in [0, 0.1) is 17.5 Å². The van der Waals surface area contributed by atoms with Gasteiger partial charge in [0.25, 0.3) is 0 Å². The van der Waals surface area contributed by atoms with Gasteiger partial charge in [-0.25, -0.2) is 13.2 Å². The van der Waals surface area contributed by atoms with Gasteiger partial charge in [0, 0.05) is 17.7 Å². The summed E-state index contributed by atoms with van der Waals surface area (Å²) in [6.07, 6.45) is 1.09. The van der Waals surface area contributed by atoms with E-state index in [1.165, 1.54) is 0 Å². The summed E-state index contributed by atoms with van der Waals surface area (Å²) in [6, 6.07) is 1.17. The highest BCUT2D eigenvalue weighted by atomic mass is 35.5. The molecule has 1 aromatic rings. The van der Waals surface area contributed by atoms with Crippen LogP contribution >= 0.6 is 11.6 Å². The molecule has 82 valence electrons. The third kappa shape index (κ3) is 3.16. The number of hydrogen-bond donors (Lipinski definition) is 0. The largest absolute Gasteiger partial charge is 0.483 e. The van der Waals surface area contributed by atoms with E-state index in [0.717, 1.165) is 6.08 Å². The number of ether oxygens (including phenoxy) is 1. The van der Waals surface area contributed by atoms with Crippen molar-refractivity contribution in [2.75, 3.05) is 6.61 Å². The quantitative estimate of drug-likeness (QED) is 0.575. The first-order chi connectivity index (χ1) is 7.04. The number of hydrogen-bond acceptors (Lipinski definition) is 1. The molecule has 0 bridgehead atoms. The molecule has 1 rings (SSSR count). The topological polar surface area (TPSA) is 9.23 Å². The Kier molecular flexibility index (Phi) is 4.03. The maximum absolute atomic E-state index is 13.1. The molecule has 0 spiro atoms. The molecule has 0 fully saturated rings. The summed E-state index contributed by atoms with van der Waals surface area (Å²) in [6.45, 7) is 2.00. The summed E-state index contributed by atoms with van der Waals surface area (Å²) in [4.78, 5) is 0. The molecule has 0 heterocycles. The van der Waals surface area contributed by atoms with E-state index in [1.54, 1.807) is 6.92 Å². The van der Waals surface area contributed by atoms with E-state index < -0.39 is 17.5 Å². The Bertz CT molecular complexity index is 390. The Morgan fingerprint density at radius 2 is 1.87 bits per heavy atom. The Balaban J connectivity index is 3.05. The van der Waals surface area contributed by atoms with Gasteiger partial charge in [-0.2, -0.15) is 0 Å². The predicted molar refractivity (Wildman–Crippen MR) is 51.8 cm³/mol. The van der Waals surface area contributed by atoms with Crippen LogP contribution in [0.2, 0.25) is 0 Å². The second-order valence-corrected chi connectivity index (χ2v) is 3.04. The van der Waals surface area contributed by atoms with Gasteiger partial charge in [0.15, 0.2) is 16.9 Å². The maximum Gasteiger partial charge on any atom is 0.187 e. The molecule has 0 amide bonds. The minimum absolute atomic E-state index is 0.0811. The fourth-order valence-electron chi connectivity index (χ4n) is 0.950. The third-order valence-corrected chi connectivity index (χ3v) is 1.81. The van der Waals surface area contributed by atoms with Crippen molar-refractivity contribution in [3.05, 3.63) is 40.4 Å². The zero-order valence-electron chi connectivity index (χ0n) is 7.86. The maximum atomic E-state index is 13.1. The first-order valence-electron chi connectivity index (χ1n) is 4.19. The van der Waals surface area contributed by atoms with E-state index in [4.69, 9.17) is 16.3 Å². The molecule has 0 aliphatic rings. The summed E-state index contributed by atoms with van der Waals surface area (Å²) >= 11 is 5.54. The minimum Gasteiger partial charge on any atom is -0.483 e. The summed E-state index contributed by atoms with van der Waals surface area (Å²) in [5, 5.41) is -0.0811. The Morgan fingerprint density at radius 1 is 1.27 bits per heavy atom. The van der Waals surface area contributed by atoms with E-state index in [-0.39, 0.29) is 10.8 Å². The van der Waals surface area contributed by atoms with Crippen LogP contribution in [0.25, 0.3) is 6.08 Å². The Labute approximate surface area is 90.1 Å². The smallest absolute Gasteiger partial charge is 0.187 e. The molecule has 0 saturated carbocycles. The molecule has 1 nitrogen and oxygen atoms in total. The number of rotatable bonds is 3. The molecule has 0 aliphatic heterocycles. The second kappa shape index (κ2) is 5.07. The molecule has 0 aliphatic carbocycles. The van der Waals surface area contributed by atoms with Crippen LogP contribution in [-0.2, 0) is 4.74 Å². The molecule has 0 saturated heterocycles. The molecule has 0 atom stereocenters. The predicted octanol–water partition coefficient (Wildman–Crippen LogP) is 3.68. The molecule has 15 heavy (non-hydrogen) atoms. The van der Waals surface area contributed by atoms with Gasteiger partial charge in [-0.3, -0.25) is 0 Å². The molecule has 1 aromatic carbocycles. The first-order valence-corrected chi connectivity index (χ1v) is 4.57. The normalized spacial score (nSPS) is 11.7. The van der Waals surface area contributed by atoms with Crippen LogP contribution in [0.3, 0.4) is 0 Å². The lowest BCUT2D eigenvalue weighted by Crippen LogP contribution is -1.92. The van der Waals surface area contributed by atoms with Crippen molar-refractivity contribution in [1.82, 2.24) is 0 Å². The van der Waals surface area contributed by atoms with Gasteiger partial charge in [-0.1, -0.05) is 0 Å². The van der Waals surface area contributed by atoms with Crippen LogP contribution in [-0.4, -0.2) is 6.61 Å². The molecular formula is C10H8ClF3O. The standard InChI is InChI=1S/C10H8ClF3O/c1-2-15-10(11)4-6-3-8(13)9(14)5-7(6)12/h3-5H,2H2,1H3/b10-4+.